The molecule has 2 atom stereocenters. The van der Waals surface area contributed by atoms with E-state index >= 15 is 0 Å². The van der Waals surface area contributed by atoms with Crippen LogP contribution in [0.25, 0.3) is 0 Å². The van der Waals surface area contributed by atoms with Gasteiger partial charge in [0, 0.05) is 44.3 Å². The van der Waals surface area contributed by atoms with Crippen molar-refractivity contribution < 1.29 is 4.79 Å². The molecule has 1 heterocycles. The van der Waals surface area contributed by atoms with Crippen LogP contribution in [0.1, 0.15) is 47.5 Å². The number of nitrogens with zero attached hydrogens (tertiary/aromatic N) is 2. The van der Waals surface area contributed by atoms with Gasteiger partial charge in [0.15, 0.2) is 0 Å². The Morgan fingerprint density at radius 1 is 1.19 bits per heavy atom. The predicted molar refractivity (Wildman–Crippen MR) is 88.3 cm³/mol. The number of rotatable bonds is 6. The Labute approximate surface area is 130 Å². The van der Waals surface area contributed by atoms with Gasteiger partial charge in [-0.1, -0.05) is 13.3 Å². The summed E-state index contributed by atoms with van der Waals surface area (Å²) in [5.74, 6) is 0.125. The van der Waals surface area contributed by atoms with Gasteiger partial charge in [-0.05, 0) is 34.1 Å². The molecule has 2 unspecified atom stereocenters. The molecule has 124 valence electrons. The van der Waals surface area contributed by atoms with Gasteiger partial charge in [0.1, 0.15) is 0 Å². The van der Waals surface area contributed by atoms with E-state index in [1.54, 1.807) is 0 Å². The van der Waals surface area contributed by atoms with E-state index in [-0.39, 0.29) is 17.5 Å². The molecule has 1 rings (SSSR count). The zero-order valence-electron chi connectivity index (χ0n) is 14.5. The molecular formula is C16H34N4O. The molecule has 0 aliphatic carbocycles. The number of carbonyl (C=O) groups is 1. The maximum Gasteiger partial charge on any atom is 0.237 e. The highest BCUT2D eigenvalue weighted by molar-refractivity contribution is 5.81. The van der Waals surface area contributed by atoms with E-state index in [9.17, 15) is 4.79 Å². The van der Waals surface area contributed by atoms with Crippen LogP contribution >= 0.6 is 0 Å². The van der Waals surface area contributed by atoms with Crippen molar-refractivity contribution in [2.24, 2.45) is 5.73 Å². The SMILES string of the molecule is CCCC(CN)N1CCN(C(C)C(=O)NC(C)(C)C)CC1. The molecule has 3 N–H and O–H groups in total. The van der Waals surface area contributed by atoms with E-state index in [0.717, 1.165) is 39.1 Å². The minimum absolute atomic E-state index is 0.0612. The fraction of sp³-hybridized carbons (Fsp3) is 0.938. The van der Waals surface area contributed by atoms with Gasteiger partial charge in [-0.2, -0.15) is 0 Å². The van der Waals surface area contributed by atoms with Crippen LogP contribution in [-0.4, -0.2) is 66.1 Å². The summed E-state index contributed by atoms with van der Waals surface area (Å²) in [4.78, 5) is 17.0. The number of nitrogens with one attached hydrogen (secondary N) is 1. The van der Waals surface area contributed by atoms with Crippen LogP contribution in [0.2, 0.25) is 0 Å². The Morgan fingerprint density at radius 3 is 2.14 bits per heavy atom. The Bertz CT molecular complexity index is 319. The first-order valence-corrected chi connectivity index (χ1v) is 8.28. The predicted octanol–water partition coefficient (Wildman–Crippen LogP) is 1.03. The van der Waals surface area contributed by atoms with Gasteiger partial charge < -0.3 is 11.1 Å². The van der Waals surface area contributed by atoms with Crippen molar-refractivity contribution in [3.8, 4) is 0 Å². The third-order valence-electron chi connectivity index (χ3n) is 4.18. The first-order valence-electron chi connectivity index (χ1n) is 8.28. The zero-order chi connectivity index (χ0) is 16.0. The van der Waals surface area contributed by atoms with E-state index in [4.69, 9.17) is 5.73 Å². The quantitative estimate of drug-likeness (QED) is 0.769. The van der Waals surface area contributed by atoms with Gasteiger partial charge in [0.05, 0.1) is 6.04 Å². The van der Waals surface area contributed by atoms with Crippen LogP contribution < -0.4 is 11.1 Å². The number of hydrogen-bond donors (Lipinski definition) is 2. The third kappa shape index (κ3) is 5.93. The lowest BCUT2D eigenvalue weighted by atomic mass is 10.1. The van der Waals surface area contributed by atoms with Gasteiger partial charge in [-0.15, -0.1) is 0 Å². The number of nitrogens with two attached hydrogens (primary N) is 1. The van der Waals surface area contributed by atoms with Crippen molar-refractivity contribution in [1.82, 2.24) is 15.1 Å². The van der Waals surface area contributed by atoms with E-state index < -0.39 is 0 Å². The molecular weight excluding hydrogens is 264 g/mol. The summed E-state index contributed by atoms with van der Waals surface area (Å²) in [5.41, 5.74) is 5.71. The standard InChI is InChI=1S/C16H34N4O/c1-6-7-14(12-17)20-10-8-19(9-11-20)13(2)15(21)18-16(3,4)5/h13-14H,6-12,17H2,1-5H3,(H,18,21). The molecule has 1 fully saturated rings. The molecule has 0 aromatic rings. The van der Waals surface area contributed by atoms with Crippen molar-refractivity contribution in [2.75, 3.05) is 32.7 Å². The van der Waals surface area contributed by atoms with Gasteiger partial charge in [-0.25, -0.2) is 0 Å². The van der Waals surface area contributed by atoms with Gasteiger partial charge in [0.2, 0.25) is 5.91 Å². The average molecular weight is 298 g/mol. The Morgan fingerprint density at radius 2 is 1.71 bits per heavy atom. The highest BCUT2D eigenvalue weighted by Gasteiger charge is 2.29. The molecule has 0 spiro atoms. The van der Waals surface area contributed by atoms with Crippen molar-refractivity contribution in [1.29, 1.82) is 0 Å². The van der Waals surface area contributed by atoms with Crippen LogP contribution in [0.3, 0.4) is 0 Å². The fourth-order valence-corrected chi connectivity index (χ4v) is 2.91. The minimum atomic E-state index is -0.168. The van der Waals surface area contributed by atoms with E-state index in [1.165, 1.54) is 6.42 Å². The van der Waals surface area contributed by atoms with Gasteiger partial charge in [0.25, 0.3) is 0 Å². The first kappa shape index (κ1) is 18.4. The topological polar surface area (TPSA) is 61.6 Å². The lowest BCUT2D eigenvalue weighted by Crippen LogP contribution is -2.58. The molecule has 0 saturated carbocycles. The number of carbonyl (C=O) groups excluding carboxylic acids is 1. The molecule has 1 aliphatic heterocycles. The largest absolute Gasteiger partial charge is 0.350 e. The van der Waals surface area contributed by atoms with Gasteiger partial charge >= 0.3 is 0 Å². The Balaban J connectivity index is 2.46. The molecule has 1 amide bonds. The van der Waals surface area contributed by atoms with E-state index in [1.807, 2.05) is 27.7 Å². The van der Waals surface area contributed by atoms with E-state index in [0.29, 0.717) is 6.04 Å². The molecule has 5 nitrogen and oxygen atoms in total. The van der Waals surface area contributed by atoms with Crippen LogP contribution in [0.5, 0.6) is 0 Å². The minimum Gasteiger partial charge on any atom is -0.350 e. The monoisotopic (exact) mass is 298 g/mol. The molecule has 0 aromatic carbocycles. The summed E-state index contributed by atoms with van der Waals surface area (Å²) in [7, 11) is 0. The average Bonchev–Trinajstić information content (AvgIpc) is 2.42. The Kier molecular flexibility index (Phi) is 7.10. The second-order valence-corrected chi connectivity index (χ2v) is 7.17. The van der Waals surface area contributed by atoms with Crippen LogP contribution in [0, 0.1) is 0 Å². The number of amides is 1. The van der Waals surface area contributed by atoms with Gasteiger partial charge in [-0.3, -0.25) is 14.6 Å². The highest BCUT2D eigenvalue weighted by atomic mass is 16.2. The van der Waals surface area contributed by atoms with Crippen molar-refractivity contribution in [3.05, 3.63) is 0 Å². The smallest absolute Gasteiger partial charge is 0.237 e. The summed E-state index contributed by atoms with van der Waals surface area (Å²) >= 11 is 0. The summed E-state index contributed by atoms with van der Waals surface area (Å²) in [6.45, 7) is 14.9. The molecule has 0 radical (unpaired) electrons. The van der Waals surface area contributed by atoms with Crippen molar-refractivity contribution in [3.63, 3.8) is 0 Å². The first-order chi connectivity index (χ1) is 9.78. The Hall–Kier alpha value is -0.650. The maximum atomic E-state index is 12.2. The van der Waals surface area contributed by atoms with E-state index in [2.05, 4.69) is 22.0 Å². The number of hydrogen-bond acceptors (Lipinski definition) is 4. The highest BCUT2D eigenvalue weighted by Crippen LogP contribution is 2.13. The molecule has 21 heavy (non-hydrogen) atoms. The fourth-order valence-electron chi connectivity index (χ4n) is 2.91. The molecule has 1 aliphatic rings. The summed E-state index contributed by atoms with van der Waals surface area (Å²) in [5, 5.41) is 3.07. The lowest BCUT2D eigenvalue weighted by molar-refractivity contribution is -0.128. The molecule has 0 bridgehead atoms. The molecule has 1 saturated heterocycles. The lowest BCUT2D eigenvalue weighted by Gasteiger charge is -2.41. The normalized spacial score (nSPS) is 21.0. The van der Waals surface area contributed by atoms with Crippen LogP contribution in [-0.2, 0) is 4.79 Å². The number of piperazine rings is 1. The summed E-state index contributed by atoms with van der Waals surface area (Å²) < 4.78 is 0. The second kappa shape index (κ2) is 8.11. The van der Waals surface area contributed by atoms with Crippen molar-refractivity contribution in [2.45, 2.75) is 65.1 Å². The van der Waals surface area contributed by atoms with Crippen molar-refractivity contribution >= 4 is 5.91 Å². The summed E-state index contributed by atoms with van der Waals surface area (Å²) in [6.07, 6.45) is 2.34. The molecule has 5 heteroatoms. The zero-order valence-corrected chi connectivity index (χ0v) is 14.5. The maximum absolute atomic E-state index is 12.2. The molecule has 0 aromatic heterocycles. The van der Waals surface area contributed by atoms with Crippen LogP contribution in [0.4, 0.5) is 0 Å². The van der Waals surface area contributed by atoms with Crippen LogP contribution in [0.15, 0.2) is 0 Å². The third-order valence-corrected chi connectivity index (χ3v) is 4.18. The summed E-state index contributed by atoms with van der Waals surface area (Å²) in [6, 6.07) is 0.435. The second-order valence-electron chi connectivity index (χ2n) is 7.17.